The molecule has 238 valence electrons. The molecule has 0 spiro atoms. The van der Waals surface area contributed by atoms with Crippen molar-refractivity contribution in [3.8, 4) is 17.2 Å². The first kappa shape index (κ1) is 34.8. The summed E-state index contributed by atoms with van der Waals surface area (Å²) in [5.74, 6) is 0.980. The smallest absolute Gasteiger partial charge is 0.337 e. The minimum Gasteiger partial charge on any atom is -0.490 e. The molecule has 2 atom stereocenters. The molecule has 14 heteroatoms. The summed E-state index contributed by atoms with van der Waals surface area (Å²) in [6.45, 7) is 4.11. The van der Waals surface area contributed by atoms with E-state index in [1.807, 2.05) is 43.3 Å². The summed E-state index contributed by atoms with van der Waals surface area (Å²) < 4.78 is 25.5. The highest BCUT2D eigenvalue weighted by Gasteiger charge is 2.32. The van der Waals surface area contributed by atoms with Crippen LogP contribution in [0.25, 0.3) is 0 Å². The molecule has 4 N–H and O–H groups in total. The average Bonchev–Trinajstić information content (AvgIpc) is 3.00. The molecule has 0 aliphatic carbocycles. The Bertz CT molecular complexity index is 1580. The molecule has 0 aromatic heterocycles. The van der Waals surface area contributed by atoms with E-state index >= 15 is 0 Å². The Morgan fingerprint density at radius 3 is 2.47 bits per heavy atom. The van der Waals surface area contributed by atoms with Gasteiger partial charge in [-0.15, -0.1) is 0 Å². The van der Waals surface area contributed by atoms with E-state index in [0.717, 1.165) is 28.5 Å². The summed E-state index contributed by atoms with van der Waals surface area (Å²) in [5.41, 5.74) is 5.82. The van der Waals surface area contributed by atoms with Crippen LogP contribution in [0.3, 0.4) is 0 Å². The van der Waals surface area contributed by atoms with Crippen LogP contribution >= 0.6 is 61.1 Å². The topological polar surface area (TPSA) is 140 Å². The van der Waals surface area contributed by atoms with Gasteiger partial charge in [0.2, 0.25) is 0 Å². The highest BCUT2D eigenvalue weighted by atomic mass is 127. The van der Waals surface area contributed by atoms with Gasteiger partial charge >= 0.3 is 12.0 Å². The van der Waals surface area contributed by atoms with Gasteiger partial charge in [0.15, 0.2) is 17.7 Å². The monoisotopic (exact) mass is 904 g/mol. The number of halogens is 3. The predicted molar refractivity (Wildman–Crippen MR) is 189 cm³/mol. The van der Waals surface area contributed by atoms with Gasteiger partial charge in [-0.25, -0.2) is 9.59 Å². The van der Waals surface area contributed by atoms with E-state index in [1.165, 1.54) is 7.11 Å². The van der Waals surface area contributed by atoms with E-state index < -0.39 is 24.3 Å². The number of allylic oxidation sites excluding steroid dienone is 1. The fraction of sp³-hybridized carbons (Fsp3) is 0.258. The van der Waals surface area contributed by atoms with Gasteiger partial charge in [-0.2, -0.15) is 5.10 Å². The lowest BCUT2D eigenvalue weighted by molar-refractivity contribution is -0.136. The van der Waals surface area contributed by atoms with Crippen molar-refractivity contribution in [2.45, 2.75) is 32.7 Å². The number of methoxy groups -OCH3 is 1. The number of hydrogen-bond donors (Lipinski definition) is 4. The van der Waals surface area contributed by atoms with Gasteiger partial charge in [0.05, 0.1) is 38.7 Å². The molecule has 1 aliphatic heterocycles. The molecule has 0 bridgehead atoms. The number of rotatable bonds is 13. The first-order valence-corrected chi connectivity index (χ1v) is 16.6. The van der Waals surface area contributed by atoms with Crippen LogP contribution in [0.4, 0.5) is 4.79 Å². The van der Waals surface area contributed by atoms with Gasteiger partial charge in [-0.1, -0.05) is 34.1 Å². The zero-order valence-electron chi connectivity index (χ0n) is 24.5. The van der Waals surface area contributed by atoms with Crippen LogP contribution < -0.4 is 30.3 Å². The summed E-state index contributed by atoms with van der Waals surface area (Å²) in [7, 11) is 1.28. The van der Waals surface area contributed by atoms with E-state index in [4.69, 9.17) is 18.9 Å². The number of ether oxygens (including phenoxy) is 4. The van der Waals surface area contributed by atoms with Crippen LogP contribution in [-0.4, -0.2) is 49.9 Å². The Labute approximate surface area is 296 Å². The predicted octanol–water partition coefficient (Wildman–Crippen LogP) is 5.76. The molecule has 0 fully saturated rings. The van der Waals surface area contributed by atoms with Crippen molar-refractivity contribution in [2.24, 2.45) is 5.10 Å². The van der Waals surface area contributed by atoms with Gasteiger partial charge in [0.1, 0.15) is 19.0 Å². The number of nitrogens with zero attached hydrogens (tertiary/aromatic N) is 1. The minimum absolute atomic E-state index is 0.134. The normalized spacial score (nSPS) is 15.3. The number of carbonyl (C=O) groups is 2. The molecule has 0 saturated carbocycles. The second-order valence-corrected chi connectivity index (χ2v) is 12.9. The van der Waals surface area contributed by atoms with Crippen molar-refractivity contribution in [1.82, 2.24) is 16.1 Å². The third-order valence-corrected chi connectivity index (χ3v) is 8.56. The maximum atomic E-state index is 12.5. The summed E-state index contributed by atoms with van der Waals surface area (Å²) in [4.78, 5) is 24.6. The van der Waals surface area contributed by atoms with Crippen molar-refractivity contribution in [3.63, 3.8) is 0 Å². The van der Waals surface area contributed by atoms with Crippen LogP contribution in [-0.2, 0) is 16.1 Å². The van der Waals surface area contributed by atoms with E-state index in [-0.39, 0.29) is 12.2 Å². The lowest BCUT2D eigenvalue weighted by Gasteiger charge is -2.28. The Hall–Kier alpha value is -3.09. The third kappa shape index (κ3) is 9.46. The second-order valence-electron chi connectivity index (χ2n) is 9.64. The van der Waals surface area contributed by atoms with Crippen molar-refractivity contribution in [3.05, 3.63) is 94.2 Å². The van der Waals surface area contributed by atoms with Gasteiger partial charge in [-0.05, 0) is 112 Å². The summed E-state index contributed by atoms with van der Waals surface area (Å²) in [6.07, 6.45) is 0.482. The number of amides is 2. The van der Waals surface area contributed by atoms with E-state index in [2.05, 4.69) is 82.3 Å². The Balaban J connectivity index is 1.37. The number of hydrogen-bond acceptors (Lipinski definition) is 9. The zero-order valence-corrected chi connectivity index (χ0v) is 30.4. The number of aliphatic hydroxyl groups is 1. The maximum Gasteiger partial charge on any atom is 0.337 e. The average molecular weight is 905 g/mol. The van der Waals surface area contributed by atoms with Crippen molar-refractivity contribution in [2.75, 3.05) is 20.3 Å². The number of carbonyl (C=O) groups excluding carboxylic acids is 2. The minimum atomic E-state index is -1.12. The molecule has 2 amide bonds. The largest absolute Gasteiger partial charge is 0.490 e. The molecule has 0 radical (unpaired) electrons. The van der Waals surface area contributed by atoms with Crippen LogP contribution in [0, 0.1) is 7.14 Å². The summed E-state index contributed by atoms with van der Waals surface area (Å²) in [6, 6.07) is 15.7. The first-order chi connectivity index (χ1) is 21.6. The van der Waals surface area contributed by atoms with Crippen LogP contribution in [0.1, 0.15) is 36.6 Å². The molecular weight excluding hydrogens is 874 g/mol. The molecule has 0 unspecified atom stereocenters. The van der Waals surface area contributed by atoms with Crippen LogP contribution in [0.15, 0.2) is 75.4 Å². The molecule has 4 rings (SSSR count). The molecule has 3 aromatic rings. The fourth-order valence-electron chi connectivity index (χ4n) is 4.35. The summed E-state index contributed by atoms with van der Waals surface area (Å²) >= 11 is 7.90. The molecular formula is C31H31BrI2N4O7. The van der Waals surface area contributed by atoms with Crippen molar-refractivity contribution in [1.29, 1.82) is 0 Å². The van der Waals surface area contributed by atoms with E-state index in [9.17, 15) is 14.7 Å². The van der Waals surface area contributed by atoms with E-state index in [0.29, 0.717) is 36.0 Å². The SMILES string of the molecule is CCOc1cc([C@@H]2NC(=O)NC(C)=C2C(=O)OC)ccc1OC[C@H](O)N/N=C\c1cc(I)c(OCc2ccc(Br)cc2)c(I)c1. The number of hydrazone groups is 1. The first-order valence-electron chi connectivity index (χ1n) is 13.7. The lowest BCUT2D eigenvalue weighted by atomic mass is 9.95. The highest BCUT2D eigenvalue weighted by Crippen LogP contribution is 2.35. The van der Waals surface area contributed by atoms with Gasteiger partial charge < -0.3 is 34.7 Å². The highest BCUT2D eigenvalue weighted by molar-refractivity contribution is 14.1. The molecule has 1 heterocycles. The Kier molecular flexibility index (Phi) is 12.7. The van der Waals surface area contributed by atoms with Crippen molar-refractivity contribution >= 4 is 79.3 Å². The van der Waals surface area contributed by atoms with Crippen LogP contribution in [0.2, 0.25) is 0 Å². The maximum absolute atomic E-state index is 12.5. The standard InChI is InChI=1S/C31H31BrI2N4O7/c1-4-43-25-13-20(28-27(30(40)42-3)17(2)36-31(41)37-28)7-10-24(25)44-16-26(39)38-35-14-19-11-22(33)29(23(34)12-19)45-15-18-5-8-21(32)9-6-18/h5-14,26,28,38-39H,4,15-16H2,1-3H3,(H2,36,37,41)/b35-14-/t26-,28-/m0/s1. The zero-order chi connectivity index (χ0) is 32.5. The number of nitrogens with one attached hydrogen (secondary N) is 3. The molecule has 45 heavy (non-hydrogen) atoms. The molecule has 1 aliphatic rings. The Morgan fingerprint density at radius 1 is 1.09 bits per heavy atom. The van der Waals surface area contributed by atoms with Crippen LogP contribution in [0.5, 0.6) is 17.2 Å². The Morgan fingerprint density at radius 2 is 1.80 bits per heavy atom. The molecule has 11 nitrogen and oxygen atoms in total. The van der Waals surface area contributed by atoms with Gasteiger partial charge in [0, 0.05) is 10.2 Å². The van der Waals surface area contributed by atoms with Gasteiger partial charge in [-0.3, -0.25) is 5.43 Å². The molecule has 0 saturated heterocycles. The number of aliphatic hydroxyl groups excluding tert-OH is 1. The quantitative estimate of drug-likeness (QED) is 0.0559. The van der Waals surface area contributed by atoms with E-state index in [1.54, 1.807) is 31.3 Å². The number of esters is 1. The lowest BCUT2D eigenvalue weighted by Crippen LogP contribution is -2.45. The molecule has 3 aromatic carbocycles. The fourth-order valence-corrected chi connectivity index (χ4v) is 6.74. The van der Waals surface area contributed by atoms with Crippen molar-refractivity contribution < 1.29 is 33.6 Å². The van der Waals surface area contributed by atoms with Gasteiger partial charge in [0.25, 0.3) is 0 Å². The summed E-state index contributed by atoms with van der Waals surface area (Å²) in [5, 5.41) is 20.0. The third-order valence-electron chi connectivity index (χ3n) is 6.43. The number of benzene rings is 3. The second kappa shape index (κ2) is 16.5. The number of urea groups is 1.